The van der Waals surface area contributed by atoms with E-state index in [0.29, 0.717) is 11.0 Å². The summed E-state index contributed by atoms with van der Waals surface area (Å²) in [5.41, 5.74) is 1.75. The number of rotatable bonds is 1. The van der Waals surface area contributed by atoms with Crippen LogP contribution >= 0.6 is 34.5 Å². The van der Waals surface area contributed by atoms with Crippen molar-refractivity contribution in [3.63, 3.8) is 0 Å². The van der Waals surface area contributed by atoms with Gasteiger partial charge in [-0.05, 0) is 26.0 Å². The summed E-state index contributed by atoms with van der Waals surface area (Å²) in [5.74, 6) is 0.671. The molecule has 0 amide bonds. The first-order chi connectivity index (χ1) is 7.08. The second kappa shape index (κ2) is 4.08. The Hall–Kier alpha value is -0.640. The summed E-state index contributed by atoms with van der Waals surface area (Å²) in [6.07, 6.45) is 0. The zero-order valence-corrected chi connectivity index (χ0v) is 10.5. The third kappa shape index (κ3) is 2.14. The van der Waals surface area contributed by atoms with Crippen LogP contribution in [-0.2, 0) is 0 Å². The highest BCUT2D eigenvalue weighted by atomic mass is 35.5. The molecule has 15 heavy (non-hydrogen) atoms. The monoisotopic (exact) mass is 258 g/mol. The standard InChI is InChI=1S/C10H8Cl2N2S/c1-5-9(7-3-4-8(11)15-7)13-6(2)14-10(5)12/h3-4H,1-2H3. The fourth-order valence-corrected chi connectivity index (χ4v) is 2.58. The number of aryl methyl sites for hydroxylation is 1. The first-order valence-corrected chi connectivity index (χ1v) is 5.91. The van der Waals surface area contributed by atoms with E-state index in [1.807, 2.05) is 26.0 Å². The Morgan fingerprint density at radius 2 is 1.87 bits per heavy atom. The fraction of sp³-hybridized carbons (Fsp3) is 0.200. The number of hydrogen-bond donors (Lipinski definition) is 0. The van der Waals surface area contributed by atoms with Crippen LogP contribution in [0, 0.1) is 13.8 Å². The molecule has 5 heteroatoms. The maximum Gasteiger partial charge on any atom is 0.136 e. The summed E-state index contributed by atoms with van der Waals surface area (Å²) < 4.78 is 0.747. The van der Waals surface area contributed by atoms with Gasteiger partial charge in [0.15, 0.2) is 0 Å². The Balaban J connectivity index is 2.62. The summed E-state index contributed by atoms with van der Waals surface area (Å²) >= 11 is 13.4. The van der Waals surface area contributed by atoms with E-state index in [-0.39, 0.29) is 0 Å². The van der Waals surface area contributed by atoms with Crippen molar-refractivity contribution < 1.29 is 0 Å². The minimum absolute atomic E-state index is 0.502. The van der Waals surface area contributed by atoms with Crippen LogP contribution in [0.4, 0.5) is 0 Å². The average Bonchev–Trinajstić information content (AvgIpc) is 2.58. The van der Waals surface area contributed by atoms with Crippen molar-refractivity contribution in [1.29, 1.82) is 0 Å². The first kappa shape index (κ1) is 10.9. The largest absolute Gasteiger partial charge is 0.232 e. The maximum absolute atomic E-state index is 6.00. The van der Waals surface area contributed by atoms with Crippen molar-refractivity contribution >= 4 is 34.5 Å². The molecule has 0 aromatic carbocycles. The number of halogens is 2. The number of aromatic nitrogens is 2. The minimum Gasteiger partial charge on any atom is -0.232 e. The van der Waals surface area contributed by atoms with E-state index in [4.69, 9.17) is 23.2 Å². The molecule has 0 aliphatic carbocycles. The zero-order chi connectivity index (χ0) is 11.0. The van der Waals surface area contributed by atoms with E-state index >= 15 is 0 Å². The summed E-state index contributed by atoms with van der Waals surface area (Å²) in [6.45, 7) is 3.73. The van der Waals surface area contributed by atoms with Crippen molar-refractivity contribution in [3.05, 3.63) is 33.0 Å². The molecule has 0 aliphatic rings. The van der Waals surface area contributed by atoms with Crippen molar-refractivity contribution in [1.82, 2.24) is 9.97 Å². The van der Waals surface area contributed by atoms with E-state index in [1.54, 1.807) is 0 Å². The van der Waals surface area contributed by atoms with E-state index < -0.39 is 0 Å². The quantitative estimate of drug-likeness (QED) is 0.719. The molecule has 0 aliphatic heterocycles. The van der Waals surface area contributed by atoms with Gasteiger partial charge in [0.25, 0.3) is 0 Å². The summed E-state index contributed by atoms with van der Waals surface area (Å²) in [5, 5.41) is 0.502. The average molecular weight is 259 g/mol. The lowest BCUT2D eigenvalue weighted by Crippen LogP contribution is -1.95. The van der Waals surface area contributed by atoms with E-state index in [0.717, 1.165) is 20.5 Å². The van der Waals surface area contributed by atoms with Gasteiger partial charge in [0.2, 0.25) is 0 Å². The lowest BCUT2D eigenvalue weighted by atomic mass is 10.2. The summed E-state index contributed by atoms with van der Waals surface area (Å²) in [4.78, 5) is 9.48. The number of nitrogens with zero attached hydrogens (tertiary/aromatic N) is 2. The molecule has 2 aromatic heterocycles. The summed E-state index contributed by atoms with van der Waals surface area (Å²) in [6, 6.07) is 3.80. The molecule has 0 spiro atoms. The number of thiophene rings is 1. The van der Waals surface area contributed by atoms with Gasteiger partial charge in [-0.15, -0.1) is 11.3 Å². The Morgan fingerprint density at radius 1 is 1.13 bits per heavy atom. The highest BCUT2D eigenvalue weighted by Gasteiger charge is 2.11. The Labute approximate surface area is 102 Å². The highest BCUT2D eigenvalue weighted by Crippen LogP contribution is 2.33. The molecule has 78 valence electrons. The van der Waals surface area contributed by atoms with Gasteiger partial charge < -0.3 is 0 Å². The molecule has 0 saturated carbocycles. The van der Waals surface area contributed by atoms with Crippen molar-refractivity contribution in [2.75, 3.05) is 0 Å². The molecule has 0 saturated heterocycles. The van der Waals surface area contributed by atoms with Crippen LogP contribution in [0.2, 0.25) is 9.49 Å². The molecule has 2 rings (SSSR count). The molecule has 0 N–H and O–H groups in total. The van der Waals surface area contributed by atoms with Gasteiger partial charge in [-0.1, -0.05) is 23.2 Å². The van der Waals surface area contributed by atoms with Crippen LogP contribution in [0.5, 0.6) is 0 Å². The van der Waals surface area contributed by atoms with Crippen LogP contribution in [0.15, 0.2) is 12.1 Å². The van der Waals surface area contributed by atoms with E-state index in [2.05, 4.69) is 9.97 Å². The molecule has 0 bridgehead atoms. The predicted molar refractivity (Wildman–Crippen MR) is 64.8 cm³/mol. The molecular formula is C10H8Cl2N2S. The third-order valence-electron chi connectivity index (χ3n) is 2.00. The normalized spacial score (nSPS) is 10.7. The molecule has 0 atom stereocenters. The van der Waals surface area contributed by atoms with Gasteiger partial charge in [-0.25, -0.2) is 9.97 Å². The van der Waals surface area contributed by atoms with Crippen LogP contribution in [0.1, 0.15) is 11.4 Å². The van der Waals surface area contributed by atoms with Gasteiger partial charge in [0.1, 0.15) is 11.0 Å². The van der Waals surface area contributed by atoms with E-state index in [1.165, 1.54) is 11.3 Å². The molecule has 0 fully saturated rings. The molecule has 2 aromatic rings. The van der Waals surface area contributed by atoms with E-state index in [9.17, 15) is 0 Å². The highest BCUT2D eigenvalue weighted by molar-refractivity contribution is 7.19. The Bertz CT molecular complexity index is 508. The topological polar surface area (TPSA) is 25.8 Å². The second-order valence-electron chi connectivity index (χ2n) is 3.14. The van der Waals surface area contributed by atoms with Gasteiger partial charge in [-0.2, -0.15) is 0 Å². The van der Waals surface area contributed by atoms with Crippen molar-refractivity contribution in [2.45, 2.75) is 13.8 Å². The van der Waals surface area contributed by atoms with Gasteiger partial charge >= 0.3 is 0 Å². The van der Waals surface area contributed by atoms with Crippen molar-refractivity contribution in [3.8, 4) is 10.6 Å². The Kier molecular flexibility index (Phi) is 2.96. The Morgan fingerprint density at radius 3 is 2.47 bits per heavy atom. The SMILES string of the molecule is Cc1nc(Cl)c(C)c(-c2ccc(Cl)s2)n1. The van der Waals surface area contributed by atoms with Crippen molar-refractivity contribution in [2.24, 2.45) is 0 Å². The second-order valence-corrected chi connectivity index (χ2v) is 5.21. The minimum atomic E-state index is 0.502. The van der Waals surface area contributed by atoms with Crippen LogP contribution in [0.3, 0.4) is 0 Å². The lowest BCUT2D eigenvalue weighted by Gasteiger charge is -2.04. The zero-order valence-electron chi connectivity index (χ0n) is 8.21. The first-order valence-electron chi connectivity index (χ1n) is 4.34. The lowest BCUT2D eigenvalue weighted by molar-refractivity contribution is 1.04. The van der Waals surface area contributed by atoms with Gasteiger partial charge in [0, 0.05) is 5.56 Å². The third-order valence-corrected chi connectivity index (χ3v) is 3.61. The predicted octanol–water partition coefficient (Wildman–Crippen LogP) is 4.13. The summed E-state index contributed by atoms with van der Waals surface area (Å²) in [7, 11) is 0. The van der Waals surface area contributed by atoms with Crippen LogP contribution in [-0.4, -0.2) is 9.97 Å². The smallest absolute Gasteiger partial charge is 0.136 e. The number of hydrogen-bond acceptors (Lipinski definition) is 3. The molecule has 2 nitrogen and oxygen atoms in total. The van der Waals surface area contributed by atoms with Gasteiger partial charge in [-0.3, -0.25) is 0 Å². The molecular weight excluding hydrogens is 251 g/mol. The fourth-order valence-electron chi connectivity index (χ4n) is 1.28. The molecule has 2 heterocycles. The maximum atomic E-state index is 6.00. The molecule has 0 unspecified atom stereocenters. The van der Waals surface area contributed by atoms with Gasteiger partial charge in [0.05, 0.1) is 14.9 Å². The molecule has 0 radical (unpaired) electrons. The van der Waals surface area contributed by atoms with Crippen LogP contribution < -0.4 is 0 Å². The van der Waals surface area contributed by atoms with Crippen LogP contribution in [0.25, 0.3) is 10.6 Å².